The molecule has 5 nitrogen and oxygen atoms in total. The van der Waals surface area contributed by atoms with E-state index >= 15 is 0 Å². The molecule has 1 atom stereocenters. The fourth-order valence-corrected chi connectivity index (χ4v) is 1.60. The smallest absolute Gasteiger partial charge is 0.269 e. The van der Waals surface area contributed by atoms with Gasteiger partial charge < -0.3 is 5.11 Å². The Labute approximate surface area is 104 Å². The molecule has 1 N–H and O–H groups in total. The summed E-state index contributed by atoms with van der Waals surface area (Å²) >= 11 is 0. The van der Waals surface area contributed by atoms with Crippen molar-refractivity contribution >= 4 is 5.69 Å². The van der Waals surface area contributed by atoms with E-state index < -0.39 is 11.0 Å². The summed E-state index contributed by atoms with van der Waals surface area (Å²) in [4.78, 5) is 14.2. The largest absolute Gasteiger partial charge is 0.387 e. The zero-order valence-corrected chi connectivity index (χ0v) is 9.78. The average Bonchev–Trinajstić information content (AvgIpc) is 2.39. The summed E-state index contributed by atoms with van der Waals surface area (Å²) in [5.41, 5.74) is 2.37. The van der Waals surface area contributed by atoms with Crippen LogP contribution in [0.1, 0.15) is 18.7 Å². The Balaban J connectivity index is 2.28. The summed E-state index contributed by atoms with van der Waals surface area (Å²) in [6.45, 7) is 1.65. The van der Waals surface area contributed by atoms with E-state index in [1.54, 1.807) is 31.3 Å². The van der Waals surface area contributed by atoms with E-state index in [1.165, 1.54) is 12.1 Å². The van der Waals surface area contributed by atoms with Crippen molar-refractivity contribution in [3.05, 3.63) is 58.4 Å². The quantitative estimate of drug-likeness (QED) is 0.665. The van der Waals surface area contributed by atoms with E-state index in [0.29, 0.717) is 5.69 Å². The van der Waals surface area contributed by atoms with Gasteiger partial charge in [0.2, 0.25) is 0 Å². The van der Waals surface area contributed by atoms with Gasteiger partial charge >= 0.3 is 0 Å². The lowest BCUT2D eigenvalue weighted by atomic mass is 10.1. The average molecular weight is 244 g/mol. The summed E-state index contributed by atoms with van der Waals surface area (Å²) in [6, 6.07) is 9.84. The van der Waals surface area contributed by atoms with Gasteiger partial charge in [-0.3, -0.25) is 15.1 Å². The molecule has 1 unspecified atom stereocenters. The SMILES string of the molecule is CC(O)c1ccc(-c2ccc([N+](=O)[O-])cc2)cn1. The highest BCUT2D eigenvalue weighted by atomic mass is 16.6. The van der Waals surface area contributed by atoms with Crippen LogP contribution in [-0.4, -0.2) is 15.0 Å². The lowest BCUT2D eigenvalue weighted by molar-refractivity contribution is -0.384. The lowest BCUT2D eigenvalue weighted by Crippen LogP contribution is -1.94. The van der Waals surface area contributed by atoms with Gasteiger partial charge in [0, 0.05) is 23.9 Å². The Morgan fingerprint density at radius 1 is 1.17 bits per heavy atom. The normalized spacial score (nSPS) is 12.1. The van der Waals surface area contributed by atoms with Gasteiger partial charge in [0.1, 0.15) is 0 Å². The summed E-state index contributed by atoms with van der Waals surface area (Å²) in [5.74, 6) is 0. The van der Waals surface area contributed by atoms with Crippen LogP contribution in [0.4, 0.5) is 5.69 Å². The molecule has 1 aromatic heterocycles. The van der Waals surface area contributed by atoms with Crippen LogP contribution in [-0.2, 0) is 0 Å². The number of aromatic nitrogens is 1. The third-order valence-corrected chi connectivity index (χ3v) is 2.63. The van der Waals surface area contributed by atoms with E-state index in [-0.39, 0.29) is 5.69 Å². The number of non-ortho nitro benzene ring substituents is 1. The van der Waals surface area contributed by atoms with Crippen molar-refractivity contribution in [2.45, 2.75) is 13.0 Å². The van der Waals surface area contributed by atoms with Crippen LogP contribution in [0.25, 0.3) is 11.1 Å². The first-order valence-electron chi connectivity index (χ1n) is 5.47. The minimum atomic E-state index is -0.601. The van der Waals surface area contributed by atoms with Crippen molar-refractivity contribution < 1.29 is 10.0 Å². The highest BCUT2D eigenvalue weighted by Gasteiger charge is 2.06. The van der Waals surface area contributed by atoms with Gasteiger partial charge in [-0.1, -0.05) is 6.07 Å². The number of nitro groups is 1. The van der Waals surface area contributed by atoms with Crippen LogP contribution in [0.15, 0.2) is 42.6 Å². The number of aliphatic hydroxyl groups excluding tert-OH is 1. The fraction of sp³-hybridized carbons (Fsp3) is 0.154. The maximum Gasteiger partial charge on any atom is 0.269 e. The van der Waals surface area contributed by atoms with Gasteiger partial charge in [0.25, 0.3) is 5.69 Å². The fourth-order valence-electron chi connectivity index (χ4n) is 1.60. The van der Waals surface area contributed by atoms with Crippen molar-refractivity contribution in [2.24, 2.45) is 0 Å². The molecule has 0 saturated heterocycles. The minimum absolute atomic E-state index is 0.0623. The Morgan fingerprint density at radius 2 is 1.78 bits per heavy atom. The van der Waals surface area contributed by atoms with Crippen LogP contribution in [0.2, 0.25) is 0 Å². The predicted octanol–water partition coefficient (Wildman–Crippen LogP) is 2.71. The standard InChI is InChI=1S/C13H12N2O3/c1-9(16)13-7-4-11(8-14-13)10-2-5-12(6-3-10)15(17)18/h2-9,16H,1H3. The summed E-state index contributed by atoms with van der Waals surface area (Å²) in [7, 11) is 0. The Hall–Kier alpha value is -2.27. The predicted molar refractivity (Wildman–Crippen MR) is 67.0 cm³/mol. The number of pyridine rings is 1. The zero-order valence-electron chi connectivity index (χ0n) is 9.78. The molecule has 0 fully saturated rings. The van der Waals surface area contributed by atoms with Gasteiger partial charge in [-0.2, -0.15) is 0 Å². The molecule has 92 valence electrons. The highest BCUT2D eigenvalue weighted by molar-refractivity contribution is 5.63. The van der Waals surface area contributed by atoms with Gasteiger partial charge in [-0.25, -0.2) is 0 Å². The van der Waals surface area contributed by atoms with Crippen molar-refractivity contribution in [1.29, 1.82) is 0 Å². The van der Waals surface area contributed by atoms with Crippen LogP contribution < -0.4 is 0 Å². The number of hydrogen-bond acceptors (Lipinski definition) is 4. The molecule has 18 heavy (non-hydrogen) atoms. The molecule has 5 heteroatoms. The molecule has 0 saturated carbocycles. The first kappa shape index (κ1) is 12.2. The van der Waals surface area contributed by atoms with Crippen LogP contribution in [0, 0.1) is 10.1 Å². The first-order valence-corrected chi connectivity index (χ1v) is 5.47. The molecule has 1 heterocycles. The van der Waals surface area contributed by atoms with Gasteiger partial charge in [0.05, 0.1) is 16.7 Å². The summed E-state index contributed by atoms with van der Waals surface area (Å²) < 4.78 is 0. The second-order valence-corrected chi connectivity index (χ2v) is 3.95. The van der Waals surface area contributed by atoms with Crippen LogP contribution in [0.3, 0.4) is 0 Å². The van der Waals surface area contributed by atoms with E-state index in [0.717, 1.165) is 11.1 Å². The molecule has 1 aromatic carbocycles. The number of nitro benzene ring substituents is 1. The van der Waals surface area contributed by atoms with E-state index in [2.05, 4.69) is 4.98 Å². The third kappa shape index (κ3) is 2.52. The minimum Gasteiger partial charge on any atom is -0.387 e. The number of rotatable bonds is 3. The number of hydrogen-bond donors (Lipinski definition) is 1. The molecule has 0 aliphatic heterocycles. The van der Waals surface area contributed by atoms with Crippen molar-refractivity contribution in [3.8, 4) is 11.1 Å². The Kier molecular flexibility index (Phi) is 3.34. The molecule has 0 radical (unpaired) electrons. The molecule has 0 bridgehead atoms. The second-order valence-electron chi connectivity index (χ2n) is 3.95. The van der Waals surface area contributed by atoms with E-state index in [1.807, 2.05) is 6.07 Å². The number of nitrogens with zero attached hydrogens (tertiary/aromatic N) is 2. The highest BCUT2D eigenvalue weighted by Crippen LogP contribution is 2.22. The molecular weight excluding hydrogens is 232 g/mol. The van der Waals surface area contributed by atoms with E-state index in [4.69, 9.17) is 0 Å². The molecule has 0 aliphatic rings. The van der Waals surface area contributed by atoms with E-state index in [9.17, 15) is 15.2 Å². The van der Waals surface area contributed by atoms with Gasteiger partial charge in [-0.15, -0.1) is 0 Å². The molecule has 0 spiro atoms. The maximum atomic E-state index is 10.5. The Bertz CT molecular complexity index is 547. The first-order chi connectivity index (χ1) is 8.58. The second kappa shape index (κ2) is 4.93. The van der Waals surface area contributed by atoms with Crippen molar-refractivity contribution in [1.82, 2.24) is 4.98 Å². The monoisotopic (exact) mass is 244 g/mol. The van der Waals surface area contributed by atoms with Crippen molar-refractivity contribution in [2.75, 3.05) is 0 Å². The Morgan fingerprint density at radius 3 is 2.22 bits per heavy atom. The molecule has 2 aromatic rings. The molecule has 0 aliphatic carbocycles. The maximum absolute atomic E-state index is 10.5. The third-order valence-electron chi connectivity index (χ3n) is 2.63. The van der Waals surface area contributed by atoms with Crippen molar-refractivity contribution in [3.63, 3.8) is 0 Å². The lowest BCUT2D eigenvalue weighted by Gasteiger charge is -2.05. The molecular formula is C13H12N2O3. The zero-order chi connectivity index (χ0) is 13.1. The van der Waals surface area contributed by atoms with Gasteiger partial charge in [-0.05, 0) is 30.7 Å². The summed E-state index contributed by atoms with van der Waals surface area (Å²) in [5, 5.41) is 19.9. The van der Waals surface area contributed by atoms with Gasteiger partial charge in [0.15, 0.2) is 0 Å². The van der Waals surface area contributed by atoms with Crippen LogP contribution in [0.5, 0.6) is 0 Å². The summed E-state index contributed by atoms with van der Waals surface area (Å²) in [6.07, 6.45) is 1.04. The molecule has 0 amide bonds. The number of aliphatic hydroxyl groups is 1. The molecule has 2 rings (SSSR count). The topological polar surface area (TPSA) is 76.3 Å². The number of benzene rings is 1. The van der Waals surface area contributed by atoms with Crippen LogP contribution >= 0.6 is 0 Å².